The summed E-state index contributed by atoms with van der Waals surface area (Å²) in [6.07, 6.45) is 0.442. The minimum Gasteiger partial charge on any atom is -0.466 e. The first-order chi connectivity index (χ1) is 13.0. The van der Waals surface area contributed by atoms with Gasteiger partial charge in [-0.3, -0.25) is 14.9 Å². The molecule has 1 atom stereocenters. The molecule has 2 amide bonds. The van der Waals surface area contributed by atoms with Gasteiger partial charge in [-0.1, -0.05) is 30.3 Å². The molecule has 2 aromatic carbocycles. The average molecular weight is 371 g/mol. The maximum atomic E-state index is 12.2. The van der Waals surface area contributed by atoms with Crippen molar-refractivity contribution >= 4 is 23.4 Å². The number of benzene rings is 2. The molecule has 0 radical (unpaired) electrons. The van der Waals surface area contributed by atoms with Crippen LogP contribution in [0.5, 0.6) is 0 Å². The molecule has 0 heterocycles. The van der Waals surface area contributed by atoms with E-state index in [9.17, 15) is 19.7 Å². The Balaban J connectivity index is 1.93. The number of hydrogen-bond donors (Lipinski definition) is 2. The lowest BCUT2D eigenvalue weighted by Gasteiger charge is -2.17. The van der Waals surface area contributed by atoms with Crippen LogP contribution in [0.4, 0.5) is 16.2 Å². The SMILES string of the molecule is CCOC(=O)C(CNC(=O)Nc1ccc([N+](=O)[O-])cc1)Cc1ccccc1. The molecule has 8 heteroatoms. The number of nitro benzene ring substituents is 1. The molecule has 0 spiro atoms. The number of carbonyl (C=O) groups is 2. The molecule has 0 saturated heterocycles. The predicted molar refractivity (Wildman–Crippen MR) is 100 cm³/mol. The van der Waals surface area contributed by atoms with Gasteiger partial charge < -0.3 is 15.4 Å². The van der Waals surface area contributed by atoms with E-state index < -0.39 is 16.9 Å². The molecule has 8 nitrogen and oxygen atoms in total. The fourth-order valence-electron chi connectivity index (χ4n) is 2.46. The lowest BCUT2D eigenvalue weighted by molar-refractivity contribution is -0.384. The second-order valence-corrected chi connectivity index (χ2v) is 5.78. The van der Waals surface area contributed by atoms with Gasteiger partial charge in [0.1, 0.15) is 0 Å². The number of nitrogens with one attached hydrogen (secondary N) is 2. The van der Waals surface area contributed by atoms with Crippen LogP contribution in [-0.2, 0) is 16.0 Å². The van der Waals surface area contributed by atoms with Gasteiger partial charge in [0, 0.05) is 24.4 Å². The van der Waals surface area contributed by atoms with Crippen LogP contribution in [0, 0.1) is 16.0 Å². The summed E-state index contributed by atoms with van der Waals surface area (Å²) in [5.41, 5.74) is 1.31. The third-order valence-corrected chi connectivity index (χ3v) is 3.79. The molecule has 2 rings (SSSR count). The molecule has 0 fully saturated rings. The normalized spacial score (nSPS) is 11.3. The maximum Gasteiger partial charge on any atom is 0.319 e. The largest absolute Gasteiger partial charge is 0.466 e. The van der Waals surface area contributed by atoms with Gasteiger partial charge in [0.05, 0.1) is 17.4 Å². The molecular weight excluding hydrogens is 350 g/mol. The second kappa shape index (κ2) is 9.91. The number of ether oxygens (including phenoxy) is 1. The Morgan fingerprint density at radius 2 is 1.78 bits per heavy atom. The lowest BCUT2D eigenvalue weighted by Crippen LogP contribution is -2.37. The monoisotopic (exact) mass is 371 g/mol. The van der Waals surface area contributed by atoms with Crippen LogP contribution >= 0.6 is 0 Å². The average Bonchev–Trinajstić information content (AvgIpc) is 2.66. The van der Waals surface area contributed by atoms with Gasteiger partial charge in [-0.2, -0.15) is 0 Å². The van der Waals surface area contributed by atoms with Crippen LogP contribution in [0.1, 0.15) is 12.5 Å². The van der Waals surface area contributed by atoms with E-state index in [2.05, 4.69) is 10.6 Å². The van der Waals surface area contributed by atoms with E-state index in [1.807, 2.05) is 30.3 Å². The standard InChI is InChI=1S/C19H21N3O5/c1-2-27-18(23)15(12-14-6-4-3-5-7-14)13-20-19(24)21-16-8-10-17(11-9-16)22(25)26/h3-11,15H,2,12-13H2,1H3,(H2,20,21,24). The zero-order valence-electron chi connectivity index (χ0n) is 14.9. The van der Waals surface area contributed by atoms with Crippen molar-refractivity contribution in [1.82, 2.24) is 5.32 Å². The molecule has 0 aromatic heterocycles. The summed E-state index contributed by atoms with van der Waals surface area (Å²) >= 11 is 0. The molecule has 1 unspecified atom stereocenters. The number of urea groups is 1. The van der Waals surface area contributed by atoms with Crippen LogP contribution in [0.25, 0.3) is 0 Å². The van der Waals surface area contributed by atoms with Crippen molar-refractivity contribution in [3.05, 3.63) is 70.3 Å². The highest BCUT2D eigenvalue weighted by Crippen LogP contribution is 2.15. The number of nitrogens with zero attached hydrogens (tertiary/aromatic N) is 1. The summed E-state index contributed by atoms with van der Waals surface area (Å²) in [5.74, 6) is -0.896. The third kappa shape index (κ3) is 6.43. The summed E-state index contributed by atoms with van der Waals surface area (Å²) in [4.78, 5) is 34.3. The first-order valence-corrected chi connectivity index (χ1v) is 8.49. The van der Waals surface area contributed by atoms with E-state index in [-0.39, 0.29) is 24.8 Å². The topological polar surface area (TPSA) is 111 Å². The Kier molecular flexibility index (Phi) is 7.30. The molecule has 0 saturated carbocycles. The Hall–Kier alpha value is -3.42. The predicted octanol–water partition coefficient (Wildman–Crippen LogP) is 3.14. The Labute approximate surface area is 156 Å². The summed E-state index contributed by atoms with van der Waals surface area (Å²) in [7, 11) is 0. The van der Waals surface area contributed by atoms with Gasteiger partial charge in [0.15, 0.2) is 0 Å². The smallest absolute Gasteiger partial charge is 0.319 e. The van der Waals surface area contributed by atoms with Crippen LogP contribution < -0.4 is 10.6 Å². The molecule has 27 heavy (non-hydrogen) atoms. The molecule has 0 bridgehead atoms. The fourth-order valence-corrected chi connectivity index (χ4v) is 2.46. The minimum atomic E-state index is -0.519. The summed E-state index contributed by atoms with van der Waals surface area (Å²) in [5, 5.41) is 15.9. The molecular formula is C19H21N3O5. The van der Waals surface area contributed by atoms with Gasteiger partial charge in [-0.15, -0.1) is 0 Å². The van der Waals surface area contributed by atoms with E-state index in [1.54, 1.807) is 6.92 Å². The van der Waals surface area contributed by atoms with E-state index >= 15 is 0 Å². The number of anilines is 1. The van der Waals surface area contributed by atoms with Crippen molar-refractivity contribution in [2.45, 2.75) is 13.3 Å². The van der Waals surface area contributed by atoms with Crippen LogP contribution in [-0.4, -0.2) is 30.1 Å². The third-order valence-electron chi connectivity index (χ3n) is 3.79. The molecule has 0 aliphatic rings. The Morgan fingerprint density at radius 1 is 1.11 bits per heavy atom. The highest BCUT2D eigenvalue weighted by atomic mass is 16.6. The van der Waals surface area contributed by atoms with Crippen molar-refractivity contribution in [2.75, 3.05) is 18.5 Å². The lowest BCUT2D eigenvalue weighted by atomic mass is 9.99. The molecule has 0 aliphatic heterocycles. The summed E-state index contributed by atoms with van der Waals surface area (Å²) in [6, 6.07) is 14.4. The van der Waals surface area contributed by atoms with Gasteiger partial charge >= 0.3 is 12.0 Å². The number of non-ortho nitro benzene ring substituents is 1. The molecule has 2 N–H and O–H groups in total. The highest BCUT2D eigenvalue weighted by molar-refractivity contribution is 5.89. The van der Waals surface area contributed by atoms with Gasteiger partial charge in [-0.05, 0) is 31.0 Å². The first-order valence-electron chi connectivity index (χ1n) is 8.49. The first kappa shape index (κ1) is 19.9. The van der Waals surface area contributed by atoms with Crippen molar-refractivity contribution in [3.63, 3.8) is 0 Å². The minimum absolute atomic E-state index is 0.0637. The molecule has 2 aromatic rings. The summed E-state index contributed by atoms with van der Waals surface area (Å²) < 4.78 is 5.09. The number of carbonyl (C=O) groups excluding carboxylic acids is 2. The number of amides is 2. The van der Waals surface area contributed by atoms with Crippen LogP contribution in [0.2, 0.25) is 0 Å². The van der Waals surface area contributed by atoms with E-state index in [4.69, 9.17) is 4.74 Å². The number of nitro groups is 1. The second-order valence-electron chi connectivity index (χ2n) is 5.78. The summed E-state index contributed by atoms with van der Waals surface area (Å²) in [6.45, 7) is 2.10. The zero-order valence-corrected chi connectivity index (χ0v) is 14.9. The quantitative estimate of drug-likeness (QED) is 0.421. The van der Waals surface area contributed by atoms with Crippen LogP contribution in [0.3, 0.4) is 0 Å². The molecule has 142 valence electrons. The fraction of sp³-hybridized carbons (Fsp3) is 0.263. The van der Waals surface area contributed by atoms with E-state index in [1.165, 1.54) is 24.3 Å². The highest BCUT2D eigenvalue weighted by Gasteiger charge is 2.21. The van der Waals surface area contributed by atoms with Crippen LogP contribution in [0.15, 0.2) is 54.6 Å². The Bertz CT molecular complexity index is 778. The van der Waals surface area contributed by atoms with Crippen molar-refractivity contribution in [2.24, 2.45) is 5.92 Å². The maximum absolute atomic E-state index is 12.2. The van der Waals surface area contributed by atoms with E-state index in [0.717, 1.165) is 5.56 Å². The van der Waals surface area contributed by atoms with Gasteiger partial charge in [0.25, 0.3) is 5.69 Å². The number of hydrogen-bond acceptors (Lipinski definition) is 5. The molecule has 0 aliphatic carbocycles. The Morgan fingerprint density at radius 3 is 2.37 bits per heavy atom. The zero-order chi connectivity index (χ0) is 19.6. The van der Waals surface area contributed by atoms with E-state index in [0.29, 0.717) is 12.1 Å². The van der Waals surface area contributed by atoms with Crippen molar-refractivity contribution in [1.29, 1.82) is 0 Å². The number of rotatable bonds is 8. The number of esters is 1. The van der Waals surface area contributed by atoms with Crippen molar-refractivity contribution in [3.8, 4) is 0 Å². The van der Waals surface area contributed by atoms with Crippen molar-refractivity contribution < 1.29 is 19.2 Å². The van der Waals surface area contributed by atoms with Gasteiger partial charge in [0.2, 0.25) is 0 Å². The van der Waals surface area contributed by atoms with Gasteiger partial charge in [-0.25, -0.2) is 4.79 Å².